The van der Waals surface area contributed by atoms with E-state index in [1.807, 2.05) is 0 Å². The normalized spacial score (nSPS) is 12.8. The molecule has 2 rings (SSSR count). The van der Waals surface area contributed by atoms with Gasteiger partial charge in [-0.2, -0.15) is 0 Å². The van der Waals surface area contributed by atoms with Crippen molar-refractivity contribution in [3.8, 4) is 0 Å². The average Bonchev–Trinajstić information content (AvgIpc) is 2.56. The minimum atomic E-state index is -4.31. The maximum atomic E-state index is 12.8. The first-order valence-electron chi connectivity index (χ1n) is 6.92. The van der Waals surface area contributed by atoms with Gasteiger partial charge in [-0.25, -0.2) is 16.8 Å². The fourth-order valence-electron chi connectivity index (χ4n) is 1.87. The van der Waals surface area contributed by atoms with Crippen LogP contribution < -0.4 is 0 Å². The summed E-state index contributed by atoms with van der Waals surface area (Å²) in [5.74, 6) is 0. The zero-order valence-electron chi connectivity index (χ0n) is 12.7. The van der Waals surface area contributed by atoms with Crippen LogP contribution in [0.3, 0.4) is 0 Å². The Morgan fingerprint density at radius 3 is 1.92 bits per heavy atom. The zero-order chi connectivity index (χ0) is 17.8. The molecule has 128 valence electrons. The van der Waals surface area contributed by atoms with Gasteiger partial charge in [0.2, 0.25) is 23.9 Å². The lowest BCUT2D eigenvalue weighted by Gasteiger charge is -2.11. The molecule has 2 aromatic carbocycles. The molecule has 8 heteroatoms. The highest BCUT2D eigenvalue weighted by Gasteiger charge is 2.34. The summed E-state index contributed by atoms with van der Waals surface area (Å²) in [6.45, 7) is 1.75. The van der Waals surface area contributed by atoms with E-state index in [0.29, 0.717) is 5.02 Å². The van der Waals surface area contributed by atoms with Crippen LogP contribution in [0.2, 0.25) is 5.02 Å². The van der Waals surface area contributed by atoms with Gasteiger partial charge < -0.3 is 4.74 Å². The predicted molar refractivity (Wildman–Crippen MR) is 92.0 cm³/mol. The first kappa shape index (κ1) is 18.5. The van der Waals surface area contributed by atoms with Gasteiger partial charge in [0, 0.05) is 5.02 Å². The Bertz CT molecular complexity index is 932. The first-order valence-corrected chi connectivity index (χ1v) is 10.3. The Morgan fingerprint density at radius 1 is 0.917 bits per heavy atom. The molecule has 0 saturated carbocycles. The fourth-order valence-corrected chi connectivity index (χ4v) is 5.59. The van der Waals surface area contributed by atoms with Crippen molar-refractivity contribution in [2.45, 2.75) is 16.7 Å². The summed E-state index contributed by atoms with van der Waals surface area (Å²) in [5, 5.41) is 0.343. The third kappa shape index (κ3) is 3.80. The molecule has 0 fully saturated rings. The topological polar surface area (TPSA) is 77.5 Å². The molecule has 24 heavy (non-hydrogen) atoms. The summed E-state index contributed by atoms with van der Waals surface area (Å²) in [5.41, 5.74) is 0. The van der Waals surface area contributed by atoms with Crippen molar-refractivity contribution in [3.63, 3.8) is 0 Å². The van der Waals surface area contributed by atoms with Crippen molar-refractivity contribution in [2.75, 3.05) is 6.61 Å². The molecule has 0 heterocycles. The maximum Gasteiger partial charge on any atom is 0.221 e. The van der Waals surface area contributed by atoms with E-state index in [1.165, 1.54) is 48.5 Å². The number of halogens is 1. The monoisotopic (exact) mass is 386 g/mol. The van der Waals surface area contributed by atoms with Crippen molar-refractivity contribution in [1.29, 1.82) is 0 Å². The van der Waals surface area contributed by atoms with Gasteiger partial charge in [0.15, 0.2) is 0 Å². The van der Waals surface area contributed by atoms with E-state index in [0.717, 1.165) is 6.26 Å². The highest BCUT2D eigenvalue weighted by Crippen LogP contribution is 2.29. The highest BCUT2D eigenvalue weighted by molar-refractivity contribution is 8.14. The Balaban J connectivity index is 2.64. The number of hydrogen-bond donors (Lipinski definition) is 0. The van der Waals surface area contributed by atoms with Gasteiger partial charge in [-0.15, -0.1) is 0 Å². The van der Waals surface area contributed by atoms with Crippen molar-refractivity contribution < 1.29 is 21.6 Å². The molecule has 0 aliphatic carbocycles. The molecule has 0 spiro atoms. The summed E-state index contributed by atoms with van der Waals surface area (Å²) in [4.78, 5) is -0.314. The van der Waals surface area contributed by atoms with Gasteiger partial charge in [0.05, 0.1) is 16.4 Å². The van der Waals surface area contributed by atoms with Gasteiger partial charge in [-0.05, 0) is 43.3 Å². The standard InChI is InChI=1S/C16H15ClO5S2/c1-2-22-12-16(23(18,19)14-6-4-3-5-7-14)24(20,21)15-10-8-13(17)9-11-15/h3-12H,2H2,1H3. The van der Waals surface area contributed by atoms with E-state index in [1.54, 1.807) is 13.0 Å². The average molecular weight is 387 g/mol. The molecule has 0 amide bonds. The lowest BCUT2D eigenvalue weighted by molar-refractivity contribution is 0.269. The van der Waals surface area contributed by atoms with Gasteiger partial charge in [0.25, 0.3) is 0 Å². The lowest BCUT2D eigenvalue weighted by Crippen LogP contribution is -2.15. The van der Waals surface area contributed by atoms with E-state index < -0.39 is 23.9 Å². The summed E-state index contributed by atoms with van der Waals surface area (Å²) < 4.78 is 55.3. The van der Waals surface area contributed by atoms with Gasteiger partial charge >= 0.3 is 0 Å². The molecule has 0 unspecified atom stereocenters. The van der Waals surface area contributed by atoms with Crippen LogP contribution >= 0.6 is 11.6 Å². The Hall–Kier alpha value is -1.83. The van der Waals surface area contributed by atoms with Crippen LogP contribution in [0, 0.1) is 0 Å². The number of hydrogen-bond acceptors (Lipinski definition) is 5. The van der Waals surface area contributed by atoms with Crippen molar-refractivity contribution in [1.82, 2.24) is 0 Å². The molecule has 2 aromatic rings. The van der Waals surface area contributed by atoms with E-state index >= 15 is 0 Å². The van der Waals surface area contributed by atoms with Crippen LogP contribution in [0.15, 0.2) is 74.9 Å². The second-order valence-corrected chi connectivity index (χ2v) is 9.20. The number of ether oxygens (including phenoxy) is 1. The maximum absolute atomic E-state index is 12.8. The van der Waals surface area contributed by atoms with Crippen LogP contribution in [-0.4, -0.2) is 23.4 Å². The minimum absolute atomic E-state index is 0.129. The van der Waals surface area contributed by atoms with Crippen LogP contribution in [0.1, 0.15) is 6.92 Å². The largest absolute Gasteiger partial charge is 0.499 e. The molecule has 0 aliphatic heterocycles. The van der Waals surface area contributed by atoms with E-state index in [4.69, 9.17) is 16.3 Å². The molecule has 5 nitrogen and oxygen atoms in total. The zero-order valence-corrected chi connectivity index (χ0v) is 15.1. The second kappa shape index (κ2) is 7.38. The van der Waals surface area contributed by atoms with Crippen molar-refractivity contribution >= 4 is 31.3 Å². The van der Waals surface area contributed by atoms with Crippen LogP contribution in [0.4, 0.5) is 0 Å². The summed E-state index contributed by atoms with van der Waals surface area (Å²) >= 11 is 5.76. The Labute approximate surface area is 146 Å². The van der Waals surface area contributed by atoms with E-state index in [9.17, 15) is 16.8 Å². The Morgan fingerprint density at radius 2 is 1.42 bits per heavy atom. The predicted octanol–water partition coefficient (Wildman–Crippen LogP) is 3.42. The fraction of sp³-hybridized carbons (Fsp3) is 0.125. The van der Waals surface area contributed by atoms with Crippen LogP contribution in [0.25, 0.3) is 0 Å². The second-order valence-electron chi connectivity index (χ2n) is 4.67. The SMILES string of the molecule is CCOC=C(S(=O)(=O)c1ccccc1)S(=O)(=O)c1ccc(Cl)cc1. The smallest absolute Gasteiger partial charge is 0.221 e. The van der Waals surface area contributed by atoms with Gasteiger partial charge in [-0.1, -0.05) is 29.8 Å². The van der Waals surface area contributed by atoms with Crippen LogP contribution in [-0.2, 0) is 24.4 Å². The molecular formula is C16H15ClO5S2. The highest BCUT2D eigenvalue weighted by atomic mass is 35.5. The third-order valence-corrected chi connectivity index (χ3v) is 7.66. The van der Waals surface area contributed by atoms with Crippen molar-refractivity contribution in [2.24, 2.45) is 0 Å². The first-order chi connectivity index (χ1) is 11.3. The molecule has 0 aromatic heterocycles. The van der Waals surface area contributed by atoms with Crippen LogP contribution in [0.5, 0.6) is 0 Å². The number of sulfone groups is 2. The summed E-state index contributed by atoms with van der Waals surface area (Å²) in [7, 11) is -8.58. The van der Waals surface area contributed by atoms with E-state index in [-0.39, 0.29) is 16.4 Å². The minimum Gasteiger partial charge on any atom is -0.499 e. The molecule has 0 N–H and O–H groups in total. The summed E-state index contributed by atoms with van der Waals surface area (Å²) in [6.07, 6.45) is 0.770. The molecule has 0 aliphatic rings. The lowest BCUT2D eigenvalue weighted by atomic mass is 10.4. The molecule has 0 bridgehead atoms. The summed E-state index contributed by atoms with van der Waals surface area (Å²) in [6, 6.07) is 12.6. The van der Waals surface area contributed by atoms with E-state index in [2.05, 4.69) is 0 Å². The van der Waals surface area contributed by atoms with Gasteiger partial charge in [0.1, 0.15) is 6.26 Å². The van der Waals surface area contributed by atoms with Gasteiger partial charge in [-0.3, -0.25) is 0 Å². The molecule has 0 atom stereocenters. The number of benzene rings is 2. The van der Waals surface area contributed by atoms with Crippen molar-refractivity contribution in [3.05, 3.63) is 70.1 Å². The molecular weight excluding hydrogens is 372 g/mol. The number of rotatable bonds is 6. The quantitative estimate of drug-likeness (QED) is 0.711. The molecule has 0 radical (unpaired) electrons. The third-order valence-electron chi connectivity index (χ3n) is 3.05. The molecule has 0 saturated heterocycles. The Kier molecular flexibility index (Phi) is 5.69.